The van der Waals surface area contributed by atoms with Crippen molar-refractivity contribution in [3.05, 3.63) is 4.88 Å². The lowest BCUT2D eigenvalue weighted by atomic mass is 10.1. The minimum absolute atomic E-state index is 0.115. The average Bonchev–Trinajstić information content (AvgIpc) is 2.56. The summed E-state index contributed by atoms with van der Waals surface area (Å²) in [4.78, 5) is 16.5. The predicted molar refractivity (Wildman–Crippen MR) is 78.5 cm³/mol. The molecule has 0 radical (unpaired) electrons. The second-order valence-electron chi connectivity index (χ2n) is 4.99. The summed E-state index contributed by atoms with van der Waals surface area (Å²) in [6.07, 6.45) is 0.0499. The van der Waals surface area contributed by atoms with Crippen LogP contribution in [0.15, 0.2) is 0 Å². The number of carbonyl (C=O) groups is 1. The van der Waals surface area contributed by atoms with Crippen LogP contribution in [0.4, 0.5) is 10.9 Å². The summed E-state index contributed by atoms with van der Waals surface area (Å²) < 4.78 is 0. The maximum Gasteiger partial charge on any atom is 0.265 e. The summed E-state index contributed by atoms with van der Waals surface area (Å²) in [5.74, 6) is -0.0187. The van der Waals surface area contributed by atoms with Crippen LogP contribution in [0.3, 0.4) is 0 Å². The normalized spacial score (nSPS) is 14.2. The van der Waals surface area contributed by atoms with E-state index >= 15 is 0 Å². The number of hydrogen-bond donors (Lipinski definition) is 4. The van der Waals surface area contributed by atoms with E-state index in [0.717, 1.165) is 0 Å². The van der Waals surface area contributed by atoms with Gasteiger partial charge < -0.3 is 21.5 Å². The number of amides is 1. The Balaban J connectivity index is 2.69. The lowest BCUT2D eigenvalue weighted by Crippen LogP contribution is -2.34. The number of nitrogen functional groups attached to an aromatic ring is 1. The van der Waals surface area contributed by atoms with E-state index in [0.29, 0.717) is 16.4 Å². The van der Waals surface area contributed by atoms with Crippen molar-refractivity contribution in [2.24, 2.45) is 0 Å². The van der Waals surface area contributed by atoms with Crippen LogP contribution in [0.25, 0.3) is 0 Å². The number of aliphatic hydroxyl groups is 1. The third-order valence-electron chi connectivity index (χ3n) is 2.34. The Morgan fingerprint density at radius 3 is 2.58 bits per heavy atom. The van der Waals surface area contributed by atoms with Gasteiger partial charge in [0.2, 0.25) is 0 Å². The largest absolute Gasteiger partial charge is 0.393 e. The fourth-order valence-electron chi connectivity index (χ4n) is 1.66. The number of aromatic nitrogens is 1. The van der Waals surface area contributed by atoms with Crippen molar-refractivity contribution in [2.75, 3.05) is 11.1 Å². The summed E-state index contributed by atoms with van der Waals surface area (Å²) in [5.41, 5.74) is 5.74. The quantitative estimate of drug-likeness (QED) is 0.634. The Morgan fingerprint density at radius 1 is 1.42 bits per heavy atom. The Labute approximate surface area is 117 Å². The number of nitrogens with two attached hydrogens (primary N) is 1. The van der Waals surface area contributed by atoms with E-state index in [2.05, 4.69) is 15.6 Å². The molecule has 1 rings (SSSR count). The average molecular weight is 286 g/mol. The van der Waals surface area contributed by atoms with Crippen LogP contribution >= 0.6 is 11.3 Å². The first-order chi connectivity index (χ1) is 8.79. The van der Waals surface area contributed by atoms with Crippen LogP contribution in [0.5, 0.6) is 0 Å². The van der Waals surface area contributed by atoms with Crippen LogP contribution in [0, 0.1) is 0 Å². The molecule has 0 aliphatic rings. The molecule has 19 heavy (non-hydrogen) atoms. The SMILES string of the molecule is CC(O)CC(C)NC(=O)c1sc(NC(C)C)nc1N. The molecule has 0 saturated carbocycles. The highest BCUT2D eigenvalue weighted by atomic mass is 32.1. The lowest BCUT2D eigenvalue weighted by Gasteiger charge is -2.14. The van der Waals surface area contributed by atoms with Crippen molar-refractivity contribution in [1.29, 1.82) is 0 Å². The van der Waals surface area contributed by atoms with Crippen molar-refractivity contribution in [3.63, 3.8) is 0 Å². The number of thiazole rings is 1. The fourth-order valence-corrected chi connectivity index (χ4v) is 2.60. The van der Waals surface area contributed by atoms with Gasteiger partial charge in [-0.15, -0.1) is 0 Å². The smallest absolute Gasteiger partial charge is 0.265 e. The highest BCUT2D eigenvalue weighted by molar-refractivity contribution is 7.18. The summed E-state index contributed by atoms with van der Waals surface area (Å²) in [5, 5.41) is 15.8. The van der Waals surface area contributed by atoms with E-state index in [9.17, 15) is 9.90 Å². The predicted octanol–water partition coefficient (Wildman–Crippen LogP) is 1.43. The van der Waals surface area contributed by atoms with Gasteiger partial charge in [0.25, 0.3) is 5.91 Å². The molecule has 2 unspecified atom stereocenters. The lowest BCUT2D eigenvalue weighted by molar-refractivity contribution is 0.0928. The molecule has 0 spiro atoms. The van der Waals surface area contributed by atoms with E-state index in [1.54, 1.807) is 6.92 Å². The number of carbonyl (C=O) groups excluding carboxylic acids is 1. The standard InChI is InChI=1S/C12H22N4O2S/c1-6(2)14-12-16-10(13)9(19-12)11(18)15-7(3)5-8(4)17/h6-8,17H,5,13H2,1-4H3,(H,14,16)(H,15,18). The van der Waals surface area contributed by atoms with E-state index in [1.165, 1.54) is 11.3 Å². The summed E-state index contributed by atoms with van der Waals surface area (Å²) >= 11 is 1.24. The Hall–Kier alpha value is -1.34. The minimum atomic E-state index is -0.452. The zero-order valence-electron chi connectivity index (χ0n) is 11.7. The molecule has 0 aromatic carbocycles. The number of rotatable bonds is 6. The molecule has 0 aliphatic carbocycles. The number of nitrogens with zero attached hydrogens (tertiary/aromatic N) is 1. The van der Waals surface area contributed by atoms with Crippen molar-refractivity contribution in [1.82, 2.24) is 10.3 Å². The number of anilines is 2. The molecule has 6 nitrogen and oxygen atoms in total. The highest BCUT2D eigenvalue weighted by Crippen LogP contribution is 2.25. The first-order valence-corrected chi connectivity index (χ1v) is 7.13. The van der Waals surface area contributed by atoms with Gasteiger partial charge in [-0.25, -0.2) is 4.98 Å². The molecule has 7 heteroatoms. The molecule has 0 bridgehead atoms. The molecule has 0 saturated heterocycles. The molecule has 1 aromatic rings. The Kier molecular flexibility index (Phi) is 5.56. The molecule has 0 aliphatic heterocycles. The third-order valence-corrected chi connectivity index (χ3v) is 3.35. The van der Waals surface area contributed by atoms with Gasteiger partial charge in [0, 0.05) is 12.1 Å². The van der Waals surface area contributed by atoms with E-state index in [4.69, 9.17) is 5.73 Å². The molecule has 1 amide bonds. The molecule has 2 atom stereocenters. The molecule has 5 N–H and O–H groups in total. The monoisotopic (exact) mass is 286 g/mol. The topological polar surface area (TPSA) is 100 Å². The van der Waals surface area contributed by atoms with Gasteiger partial charge in [-0.3, -0.25) is 4.79 Å². The van der Waals surface area contributed by atoms with Gasteiger partial charge >= 0.3 is 0 Å². The Morgan fingerprint density at radius 2 is 2.05 bits per heavy atom. The Bertz CT molecular complexity index is 431. The molecule has 0 fully saturated rings. The van der Waals surface area contributed by atoms with Crippen LogP contribution in [-0.2, 0) is 0 Å². The number of aliphatic hydroxyl groups excluding tert-OH is 1. The van der Waals surface area contributed by atoms with Gasteiger partial charge in [0.15, 0.2) is 5.13 Å². The van der Waals surface area contributed by atoms with Crippen LogP contribution in [-0.4, -0.2) is 34.2 Å². The van der Waals surface area contributed by atoms with Gasteiger partial charge in [0.05, 0.1) is 6.10 Å². The molecule has 1 heterocycles. The molecule has 1 aromatic heterocycles. The van der Waals surface area contributed by atoms with Crippen molar-refractivity contribution < 1.29 is 9.90 Å². The van der Waals surface area contributed by atoms with E-state index < -0.39 is 6.10 Å². The van der Waals surface area contributed by atoms with Crippen molar-refractivity contribution in [2.45, 2.75) is 52.3 Å². The second kappa shape index (κ2) is 6.72. The molecular formula is C12H22N4O2S. The second-order valence-corrected chi connectivity index (χ2v) is 5.99. The number of nitrogens with one attached hydrogen (secondary N) is 2. The van der Waals surface area contributed by atoms with Gasteiger partial charge in [0.1, 0.15) is 10.7 Å². The maximum atomic E-state index is 12.0. The van der Waals surface area contributed by atoms with Crippen LogP contribution < -0.4 is 16.4 Å². The summed E-state index contributed by atoms with van der Waals surface area (Å²) in [7, 11) is 0. The first-order valence-electron chi connectivity index (χ1n) is 6.31. The molecular weight excluding hydrogens is 264 g/mol. The fraction of sp³-hybridized carbons (Fsp3) is 0.667. The highest BCUT2D eigenvalue weighted by Gasteiger charge is 2.18. The van der Waals surface area contributed by atoms with Gasteiger partial charge in [-0.1, -0.05) is 11.3 Å². The van der Waals surface area contributed by atoms with Crippen LogP contribution in [0.2, 0.25) is 0 Å². The maximum absolute atomic E-state index is 12.0. The number of hydrogen-bond acceptors (Lipinski definition) is 6. The third kappa shape index (κ3) is 5.04. The van der Waals surface area contributed by atoms with E-state index in [-0.39, 0.29) is 23.8 Å². The first kappa shape index (κ1) is 15.7. The summed E-state index contributed by atoms with van der Waals surface area (Å²) in [6, 6.07) is 0.117. The van der Waals surface area contributed by atoms with Gasteiger partial charge in [-0.05, 0) is 34.1 Å². The van der Waals surface area contributed by atoms with Crippen molar-refractivity contribution >= 4 is 28.2 Å². The zero-order chi connectivity index (χ0) is 14.6. The van der Waals surface area contributed by atoms with Crippen LogP contribution in [0.1, 0.15) is 43.8 Å². The molecule has 108 valence electrons. The van der Waals surface area contributed by atoms with Crippen molar-refractivity contribution in [3.8, 4) is 0 Å². The summed E-state index contributed by atoms with van der Waals surface area (Å²) in [6.45, 7) is 7.51. The van der Waals surface area contributed by atoms with E-state index in [1.807, 2.05) is 20.8 Å². The minimum Gasteiger partial charge on any atom is -0.393 e. The van der Waals surface area contributed by atoms with Gasteiger partial charge in [-0.2, -0.15) is 0 Å². The zero-order valence-corrected chi connectivity index (χ0v) is 12.5.